The minimum atomic E-state index is -0.968. The number of allylic oxidation sites excluding steroid dienone is 1. The summed E-state index contributed by atoms with van der Waals surface area (Å²) < 4.78 is 0. The van der Waals surface area contributed by atoms with Crippen LogP contribution in [0.4, 0.5) is 0 Å². The Balaban J connectivity index is 3.35. The van der Waals surface area contributed by atoms with Crippen LogP contribution in [0.1, 0.15) is 39.0 Å². The Labute approximate surface area is 79.6 Å². The first kappa shape index (κ1) is 12.2. The minimum absolute atomic E-state index is 0.842. The molecule has 0 spiro atoms. The normalized spacial score (nSPS) is 13.4. The zero-order valence-electron chi connectivity index (χ0n) is 8.20. The number of hydrogen-bond donors (Lipinski definition) is 2. The number of unbranched alkanes of at least 4 members (excludes halogenated alkanes) is 4. The molecule has 0 amide bonds. The van der Waals surface area contributed by atoms with Gasteiger partial charge >= 0.3 is 5.97 Å². The van der Waals surface area contributed by atoms with E-state index in [1.54, 1.807) is 6.08 Å². The van der Waals surface area contributed by atoms with E-state index >= 15 is 0 Å². The smallest absolute Gasteiger partial charge is 0.324 e. The van der Waals surface area contributed by atoms with Gasteiger partial charge in [0.25, 0.3) is 0 Å². The van der Waals surface area contributed by atoms with Crippen LogP contribution in [-0.2, 0) is 4.79 Å². The van der Waals surface area contributed by atoms with Crippen LogP contribution in [0.3, 0.4) is 0 Å². The van der Waals surface area contributed by atoms with Gasteiger partial charge in [0.05, 0.1) is 0 Å². The van der Waals surface area contributed by atoms with Crippen LogP contribution in [0.2, 0.25) is 0 Å². The molecule has 0 unspecified atom stereocenters. The van der Waals surface area contributed by atoms with Gasteiger partial charge in [-0.25, -0.2) is 0 Å². The fourth-order valence-electron chi connectivity index (χ4n) is 1.01. The van der Waals surface area contributed by atoms with Crippen molar-refractivity contribution in [2.75, 3.05) is 0 Å². The molecule has 0 aromatic carbocycles. The van der Waals surface area contributed by atoms with Gasteiger partial charge in [-0.3, -0.25) is 4.79 Å². The first-order chi connectivity index (χ1) is 6.18. The van der Waals surface area contributed by atoms with Crippen LogP contribution in [-0.4, -0.2) is 17.1 Å². The largest absolute Gasteiger partial charge is 0.480 e. The van der Waals surface area contributed by atoms with Gasteiger partial charge in [0.15, 0.2) is 0 Å². The third kappa shape index (κ3) is 7.53. The molecule has 0 saturated carbocycles. The number of hydrogen-bond acceptors (Lipinski definition) is 2. The quantitative estimate of drug-likeness (QED) is 0.470. The van der Waals surface area contributed by atoms with Gasteiger partial charge in [-0.2, -0.15) is 0 Å². The van der Waals surface area contributed by atoms with Crippen molar-refractivity contribution in [1.29, 1.82) is 0 Å². The van der Waals surface area contributed by atoms with Crippen molar-refractivity contribution >= 4 is 5.97 Å². The van der Waals surface area contributed by atoms with Crippen LogP contribution in [0, 0.1) is 0 Å². The van der Waals surface area contributed by atoms with Gasteiger partial charge in [-0.05, 0) is 12.8 Å². The van der Waals surface area contributed by atoms with Gasteiger partial charge in [-0.1, -0.05) is 38.3 Å². The molecule has 0 aliphatic heterocycles. The number of nitrogens with two attached hydrogens (primary N) is 1. The molecule has 0 aliphatic carbocycles. The van der Waals surface area contributed by atoms with E-state index in [1.807, 2.05) is 6.08 Å². The van der Waals surface area contributed by atoms with Crippen molar-refractivity contribution in [3.63, 3.8) is 0 Å². The molecule has 13 heavy (non-hydrogen) atoms. The van der Waals surface area contributed by atoms with Crippen LogP contribution in [0.5, 0.6) is 0 Å². The zero-order chi connectivity index (χ0) is 10.1. The second kappa shape index (κ2) is 7.80. The molecule has 3 heteroatoms. The molecule has 3 nitrogen and oxygen atoms in total. The number of carboxylic acid groups (broad SMARTS) is 1. The molecule has 0 heterocycles. The van der Waals surface area contributed by atoms with Gasteiger partial charge in [0.2, 0.25) is 0 Å². The van der Waals surface area contributed by atoms with Gasteiger partial charge in [-0.15, -0.1) is 0 Å². The highest BCUT2D eigenvalue weighted by molar-refractivity contribution is 5.75. The van der Waals surface area contributed by atoms with E-state index in [0.29, 0.717) is 0 Å². The van der Waals surface area contributed by atoms with E-state index in [4.69, 9.17) is 10.8 Å². The number of rotatable bonds is 7. The lowest BCUT2D eigenvalue weighted by molar-refractivity contribution is -0.137. The van der Waals surface area contributed by atoms with Crippen molar-refractivity contribution in [3.05, 3.63) is 12.2 Å². The number of carbonyl (C=O) groups is 1. The summed E-state index contributed by atoms with van der Waals surface area (Å²) in [4.78, 5) is 10.3. The first-order valence-electron chi connectivity index (χ1n) is 4.83. The highest BCUT2D eigenvalue weighted by atomic mass is 16.4. The number of carboxylic acids is 1. The van der Waals surface area contributed by atoms with Crippen molar-refractivity contribution in [3.8, 4) is 0 Å². The first-order valence-corrected chi connectivity index (χ1v) is 4.83. The van der Waals surface area contributed by atoms with Gasteiger partial charge in [0, 0.05) is 0 Å². The van der Waals surface area contributed by atoms with Crippen LogP contribution < -0.4 is 5.73 Å². The fraction of sp³-hybridized carbons (Fsp3) is 0.700. The monoisotopic (exact) mass is 185 g/mol. The average molecular weight is 185 g/mol. The molecule has 0 aromatic heterocycles. The second-order valence-corrected chi connectivity index (χ2v) is 3.14. The average Bonchev–Trinajstić information content (AvgIpc) is 2.10. The molecule has 0 bridgehead atoms. The van der Waals surface area contributed by atoms with Crippen LogP contribution in [0.15, 0.2) is 12.2 Å². The van der Waals surface area contributed by atoms with Gasteiger partial charge < -0.3 is 10.8 Å². The summed E-state index contributed by atoms with van der Waals surface area (Å²) in [6.45, 7) is 2.16. The summed E-state index contributed by atoms with van der Waals surface area (Å²) >= 11 is 0. The van der Waals surface area contributed by atoms with Crippen molar-refractivity contribution < 1.29 is 9.90 Å². The van der Waals surface area contributed by atoms with E-state index < -0.39 is 12.0 Å². The Morgan fingerprint density at radius 3 is 2.69 bits per heavy atom. The lowest BCUT2D eigenvalue weighted by atomic mass is 10.1. The molecule has 0 aliphatic rings. The molecule has 1 atom stereocenters. The minimum Gasteiger partial charge on any atom is -0.480 e. The van der Waals surface area contributed by atoms with E-state index in [9.17, 15) is 4.79 Å². The third-order valence-electron chi connectivity index (χ3n) is 1.85. The Bertz CT molecular complexity index is 166. The Kier molecular flexibility index (Phi) is 7.30. The zero-order valence-corrected chi connectivity index (χ0v) is 8.20. The molecule has 0 saturated heterocycles. The van der Waals surface area contributed by atoms with E-state index in [-0.39, 0.29) is 0 Å². The second-order valence-electron chi connectivity index (χ2n) is 3.14. The SMILES string of the molecule is CCCCCC/C=C/[C@H](N)C(=O)O. The predicted octanol–water partition coefficient (Wildman–Crippen LogP) is 1.92. The Hall–Kier alpha value is -0.830. The molecule has 0 fully saturated rings. The maximum atomic E-state index is 10.3. The molecule has 0 aromatic rings. The summed E-state index contributed by atoms with van der Waals surface area (Å²) in [5, 5.41) is 8.45. The lowest BCUT2D eigenvalue weighted by Crippen LogP contribution is -2.27. The number of aliphatic carboxylic acids is 1. The summed E-state index contributed by atoms with van der Waals surface area (Å²) in [6, 6.07) is -0.842. The highest BCUT2D eigenvalue weighted by Crippen LogP contribution is 2.02. The Morgan fingerprint density at radius 2 is 2.15 bits per heavy atom. The predicted molar refractivity (Wildman–Crippen MR) is 53.5 cm³/mol. The van der Waals surface area contributed by atoms with Crippen LogP contribution >= 0.6 is 0 Å². The standard InChI is InChI=1S/C10H19NO2/c1-2-3-4-5-6-7-8-9(11)10(12)13/h7-9H,2-6,11H2,1H3,(H,12,13)/b8-7+/t9-/m0/s1. The molecule has 76 valence electrons. The summed E-state index contributed by atoms with van der Waals surface area (Å²) in [5.74, 6) is -0.968. The van der Waals surface area contributed by atoms with E-state index in [0.717, 1.165) is 12.8 Å². The summed E-state index contributed by atoms with van der Waals surface area (Å²) in [6.07, 6.45) is 9.14. The topological polar surface area (TPSA) is 63.3 Å². The fourth-order valence-corrected chi connectivity index (χ4v) is 1.01. The Morgan fingerprint density at radius 1 is 1.46 bits per heavy atom. The van der Waals surface area contributed by atoms with Crippen molar-refractivity contribution in [1.82, 2.24) is 0 Å². The van der Waals surface area contributed by atoms with E-state index in [2.05, 4.69) is 6.92 Å². The lowest BCUT2D eigenvalue weighted by Gasteiger charge is -1.98. The van der Waals surface area contributed by atoms with Gasteiger partial charge in [0.1, 0.15) is 6.04 Å². The third-order valence-corrected chi connectivity index (χ3v) is 1.85. The maximum Gasteiger partial charge on any atom is 0.324 e. The highest BCUT2D eigenvalue weighted by Gasteiger charge is 2.04. The maximum absolute atomic E-state index is 10.3. The molecular weight excluding hydrogens is 166 g/mol. The summed E-state index contributed by atoms with van der Waals surface area (Å²) in [5.41, 5.74) is 5.27. The van der Waals surface area contributed by atoms with E-state index in [1.165, 1.54) is 19.3 Å². The summed E-state index contributed by atoms with van der Waals surface area (Å²) in [7, 11) is 0. The molecule has 0 rings (SSSR count). The van der Waals surface area contributed by atoms with Crippen molar-refractivity contribution in [2.45, 2.75) is 45.1 Å². The van der Waals surface area contributed by atoms with Crippen LogP contribution in [0.25, 0.3) is 0 Å². The van der Waals surface area contributed by atoms with Crippen molar-refractivity contribution in [2.24, 2.45) is 5.73 Å². The molecule has 0 radical (unpaired) electrons. The molecular formula is C10H19NO2. The molecule has 3 N–H and O–H groups in total.